The first-order valence-electron chi connectivity index (χ1n) is 8.43. The van der Waals surface area contributed by atoms with Gasteiger partial charge in [-0.2, -0.15) is 0 Å². The molecular formula is C16H17FN6O7S. The first kappa shape index (κ1) is 22.3. The summed E-state index contributed by atoms with van der Waals surface area (Å²) in [6, 6.07) is 3.49. The zero-order valence-electron chi connectivity index (χ0n) is 15.7. The van der Waals surface area contributed by atoms with Crippen LogP contribution in [-0.4, -0.2) is 57.5 Å². The van der Waals surface area contributed by atoms with E-state index in [4.69, 9.17) is 20.7 Å². The van der Waals surface area contributed by atoms with E-state index in [0.717, 1.165) is 18.5 Å². The molecule has 0 saturated carbocycles. The molecule has 7 N–H and O–H groups in total. The van der Waals surface area contributed by atoms with Gasteiger partial charge < -0.3 is 30.7 Å². The maximum Gasteiger partial charge on any atom is 0.454 e. The highest BCUT2D eigenvalue weighted by Gasteiger charge is 2.40. The van der Waals surface area contributed by atoms with Crippen molar-refractivity contribution in [3.05, 3.63) is 47.7 Å². The Balaban J connectivity index is 1.82. The Bertz CT molecular complexity index is 1140. The molecule has 1 aromatic carbocycles. The van der Waals surface area contributed by atoms with Crippen LogP contribution in [0.2, 0.25) is 0 Å². The van der Waals surface area contributed by atoms with Crippen LogP contribution in [0.4, 0.5) is 10.1 Å². The Labute approximate surface area is 174 Å². The Morgan fingerprint density at radius 3 is 2.61 bits per heavy atom. The number of carbonyl (C=O) groups excluding carboxylic acids is 1. The van der Waals surface area contributed by atoms with Crippen molar-refractivity contribution in [1.82, 2.24) is 20.0 Å². The number of sulfonamides is 1. The average molecular weight is 456 g/mol. The number of benzene rings is 1. The van der Waals surface area contributed by atoms with Gasteiger partial charge in [-0.1, -0.05) is 0 Å². The number of hydrogen-bond acceptors (Lipinski definition) is 10. The number of rotatable bonds is 5. The summed E-state index contributed by atoms with van der Waals surface area (Å²) in [7, 11) is -3.88. The summed E-state index contributed by atoms with van der Waals surface area (Å²) in [4.78, 5) is 19.6. The van der Waals surface area contributed by atoms with Crippen molar-refractivity contribution in [2.75, 3.05) is 11.1 Å². The highest BCUT2D eigenvalue weighted by atomic mass is 32.2. The maximum absolute atomic E-state index is 14.5. The van der Waals surface area contributed by atoms with Gasteiger partial charge in [0.1, 0.15) is 11.5 Å². The molecule has 2 aromatic rings. The molecule has 15 heteroatoms. The van der Waals surface area contributed by atoms with E-state index in [1.165, 1.54) is 19.1 Å². The first-order valence-corrected chi connectivity index (χ1v) is 10.1. The lowest BCUT2D eigenvalue weighted by Gasteiger charge is -2.36. The van der Waals surface area contributed by atoms with E-state index in [1.807, 2.05) is 4.72 Å². The molecule has 1 aliphatic rings. The van der Waals surface area contributed by atoms with Gasteiger partial charge in [0.15, 0.2) is 0 Å². The summed E-state index contributed by atoms with van der Waals surface area (Å²) >= 11 is 0. The topological polar surface area (TPSA) is 207 Å². The van der Waals surface area contributed by atoms with Crippen LogP contribution in [0, 0.1) is 11.2 Å². The highest BCUT2D eigenvalue weighted by Crippen LogP contribution is 2.29. The Morgan fingerprint density at radius 2 is 2.03 bits per heavy atom. The number of guanidine groups is 1. The second-order valence-corrected chi connectivity index (χ2v) is 8.48. The number of nitrogens with one attached hydrogen (secondary N) is 4. The predicted octanol–water partition coefficient (Wildman–Crippen LogP) is -1.49. The maximum atomic E-state index is 14.5. The molecule has 13 nitrogen and oxygen atoms in total. The third-order valence-corrected chi connectivity index (χ3v) is 5.53. The number of ether oxygens (including phenoxy) is 1. The van der Waals surface area contributed by atoms with Crippen molar-refractivity contribution >= 4 is 27.6 Å². The van der Waals surface area contributed by atoms with E-state index >= 15 is 0 Å². The number of amides is 1. The zero-order chi connectivity index (χ0) is 23.0. The molecule has 3 rings (SSSR count). The van der Waals surface area contributed by atoms with E-state index in [-0.39, 0.29) is 16.9 Å². The third-order valence-electron chi connectivity index (χ3n) is 4.06. The van der Waals surface area contributed by atoms with E-state index < -0.39 is 51.0 Å². The minimum absolute atomic E-state index is 0.0971. The van der Waals surface area contributed by atoms with Crippen LogP contribution in [0.25, 0.3) is 0 Å². The lowest BCUT2D eigenvalue weighted by atomic mass is 9.93. The van der Waals surface area contributed by atoms with E-state index in [1.54, 1.807) is 0 Å². The Morgan fingerprint density at radius 1 is 1.32 bits per heavy atom. The molecule has 1 aromatic heterocycles. The standard InChI is InChI=1S/C16H17FN6O7S/c1-15(7-31(28,29)23-14(18)22-15)9-4-8(2-3-10(9)17)21-13(24)11-5-20-12(6-19-11)30-16(25,26)27/h2-6,25-27H,7H2,1H3,(H,21,24)(H3,18,22,23)/t15-/m0/s1. The quantitative estimate of drug-likeness (QED) is 0.259. The lowest BCUT2D eigenvalue weighted by molar-refractivity contribution is -0.420. The molecule has 166 valence electrons. The molecular weight excluding hydrogens is 439 g/mol. The third kappa shape index (κ3) is 5.40. The fraction of sp³-hybridized carbons (Fsp3) is 0.250. The number of hydrogen-bond donors (Lipinski definition) is 7. The van der Waals surface area contributed by atoms with Gasteiger partial charge in [0.05, 0.1) is 23.7 Å². The van der Waals surface area contributed by atoms with Gasteiger partial charge >= 0.3 is 6.16 Å². The van der Waals surface area contributed by atoms with Gasteiger partial charge in [0, 0.05) is 11.3 Å². The van der Waals surface area contributed by atoms with Crippen LogP contribution in [0.1, 0.15) is 23.0 Å². The van der Waals surface area contributed by atoms with Crippen molar-refractivity contribution in [3.8, 4) is 5.88 Å². The van der Waals surface area contributed by atoms with Crippen molar-refractivity contribution in [3.63, 3.8) is 0 Å². The van der Waals surface area contributed by atoms with Crippen LogP contribution < -0.4 is 20.1 Å². The van der Waals surface area contributed by atoms with Gasteiger partial charge in [-0.05, 0) is 25.1 Å². The Hall–Kier alpha value is -3.40. The average Bonchev–Trinajstić information content (AvgIpc) is 2.60. The predicted molar refractivity (Wildman–Crippen MR) is 102 cm³/mol. The van der Waals surface area contributed by atoms with Gasteiger partial charge in [-0.3, -0.25) is 14.9 Å². The molecule has 1 aliphatic heterocycles. The fourth-order valence-electron chi connectivity index (χ4n) is 2.90. The smallest absolute Gasteiger partial charge is 0.397 e. The minimum atomic E-state index is -3.88. The molecule has 1 amide bonds. The molecule has 0 bridgehead atoms. The molecule has 1 fully saturated rings. The number of halogens is 1. The molecule has 31 heavy (non-hydrogen) atoms. The van der Waals surface area contributed by atoms with E-state index in [2.05, 4.69) is 25.3 Å². The first-order chi connectivity index (χ1) is 14.3. The highest BCUT2D eigenvalue weighted by molar-refractivity contribution is 7.90. The molecule has 2 heterocycles. The zero-order valence-corrected chi connectivity index (χ0v) is 16.6. The summed E-state index contributed by atoms with van der Waals surface area (Å²) in [6.07, 6.45) is -1.70. The monoisotopic (exact) mass is 456 g/mol. The van der Waals surface area contributed by atoms with Gasteiger partial charge in [-0.25, -0.2) is 22.8 Å². The number of nitrogens with zero attached hydrogens (tertiary/aromatic N) is 2. The second kappa shape index (κ2) is 7.69. The molecule has 1 atom stereocenters. The van der Waals surface area contributed by atoms with E-state index in [0.29, 0.717) is 0 Å². The number of carbonyl (C=O) groups is 1. The van der Waals surface area contributed by atoms with Gasteiger partial charge in [0.2, 0.25) is 21.9 Å². The fourth-order valence-corrected chi connectivity index (χ4v) is 4.32. The SMILES string of the molecule is C[C@@]1(c2cc(NC(=O)c3cnc(OC(O)(O)O)cn3)ccc2F)CS(=O)(=O)NC(=N)N1. The Kier molecular flexibility index (Phi) is 5.53. The normalized spacial score (nSPS) is 20.4. The summed E-state index contributed by atoms with van der Waals surface area (Å²) in [5.41, 5.74) is -1.70. The van der Waals surface area contributed by atoms with Crippen molar-refractivity contribution < 1.29 is 37.7 Å². The van der Waals surface area contributed by atoms with Crippen LogP contribution in [0.15, 0.2) is 30.6 Å². The number of aromatic nitrogens is 2. The van der Waals surface area contributed by atoms with E-state index in [9.17, 15) is 17.6 Å². The van der Waals surface area contributed by atoms with Crippen LogP contribution >= 0.6 is 0 Å². The summed E-state index contributed by atoms with van der Waals surface area (Å²) < 4.78 is 44.6. The summed E-state index contributed by atoms with van der Waals surface area (Å²) in [6.45, 7) is 1.40. The second-order valence-electron chi connectivity index (χ2n) is 6.76. The molecule has 0 spiro atoms. The summed E-state index contributed by atoms with van der Waals surface area (Å²) in [5, 5.41) is 38.8. The number of anilines is 1. The molecule has 0 radical (unpaired) electrons. The van der Waals surface area contributed by atoms with Gasteiger partial charge in [-0.15, -0.1) is 0 Å². The van der Waals surface area contributed by atoms with Crippen molar-refractivity contribution in [1.29, 1.82) is 5.41 Å². The van der Waals surface area contributed by atoms with Crippen molar-refractivity contribution in [2.45, 2.75) is 18.6 Å². The lowest BCUT2D eigenvalue weighted by Crippen LogP contribution is -2.60. The van der Waals surface area contributed by atoms with Gasteiger partial charge in [0.25, 0.3) is 5.91 Å². The van der Waals surface area contributed by atoms with Crippen molar-refractivity contribution in [2.24, 2.45) is 0 Å². The minimum Gasteiger partial charge on any atom is -0.397 e. The summed E-state index contributed by atoms with van der Waals surface area (Å²) in [5.74, 6) is -3.08. The molecule has 0 aliphatic carbocycles. The largest absolute Gasteiger partial charge is 0.454 e. The molecule has 1 saturated heterocycles. The van der Waals surface area contributed by atoms with Crippen LogP contribution in [0.3, 0.4) is 0 Å². The number of aliphatic hydroxyl groups is 3. The van der Waals surface area contributed by atoms with Crippen LogP contribution in [0.5, 0.6) is 5.88 Å². The molecule has 0 unspecified atom stereocenters. The van der Waals surface area contributed by atoms with Crippen LogP contribution in [-0.2, 0) is 15.6 Å².